The van der Waals surface area contributed by atoms with Gasteiger partial charge in [0.2, 0.25) is 5.91 Å². The van der Waals surface area contributed by atoms with Crippen LogP contribution in [0.2, 0.25) is 0 Å². The summed E-state index contributed by atoms with van der Waals surface area (Å²) < 4.78 is 50.5. The Morgan fingerprint density at radius 1 is 1.09 bits per heavy atom. The van der Waals surface area contributed by atoms with Gasteiger partial charge in [0.15, 0.2) is 19.7 Å². The summed E-state index contributed by atoms with van der Waals surface area (Å²) in [5.41, 5.74) is 2.80. The molecule has 1 amide bonds. The number of aromatic nitrogens is 2. The highest BCUT2D eigenvalue weighted by molar-refractivity contribution is 7.91. The number of sulfone groups is 2. The standard InChI is InChI=1S/C22H30N4O5S2/c1-17-22(18(2)26(23-17)19-8-14-32(28,29)16-19)25-12-10-24(11-13-25)21(27)9-15-33(30,31)20-6-4-3-5-7-20/h3-7,19H,8-16H2,1-2H3. The van der Waals surface area contributed by atoms with E-state index in [0.717, 1.165) is 17.1 Å². The molecular weight excluding hydrogens is 464 g/mol. The molecule has 0 N–H and O–H groups in total. The maximum Gasteiger partial charge on any atom is 0.223 e. The molecule has 1 unspecified atom stereocenters. The van der Waals surface area contributed by atoms with Gasteiger partial charge in [0, 0.05) is 32.6 Å². The van der Waals surface area contributed by atoms with E-state index in [1.807, 2.05) is 18.5 Å². The third-order valence-corrected chi connectivity index (χ3v) is 9.96. The van der Waals surface area contributed by atoms with Gasteiger partial charge < -0.3 is 9.80 Å². The summed E-state index contributed by atoms with van der Waals surface area (Å²) in [4.78, 5) is 16.8. The smallest absolute Gasteiger partial charge is 0.223 e. The molecule has 9 nitrogen and oxygen atoms in total. The normalized spacial score (nSPS) is 20.8. The molecule has 0 saturated carbocycles. The molecule has 3 heterocycles. The van der Waals surface area contributed by atoms with Crippen molar-refractivity contribution in [2.75, 3.05) is 48.3 Å². The summed E-state index contributed by atoms with van der Waals surface area (Å²) in [6.45, 7) is 6.14. The molecule has 0 bridgehead atoms. The average molecular weight is 495 g/mol. The van der Waals surface area contributed by atoms with Crippen LogP contribution < -0.4 is 4.90 Å². The SMILES string of the molecule is Cc1nn(C2CCS(=O)(=O)C2)c(C)c1N1CCN(C(=O)CCS(=O)(=O)c2ccccc2)CC1. The Morgan fingerprint density at radius 3 is 2.36 bits per heavy atom. The number of rotatable bonds is 6. The van der Waals surface area contributed by atoms with E-state index in [9.17, 15) is 21.6 Å². The highest BCUT2D eigenvalue weighted by Crippen LogP contribution is 2.31. The molecule has 1 aromatic heterocycles. The van der Waals surface area contributed by atoms with Crippen molar-refractivity contribution in [2.24, 2.45) is 0 Å². The number of carbonyl (C=O) groups excluding carboxylic acids is 1. The summed E-state index contributed by atoms with van der Waals surface area (Å²) in [5.74, 6) is -0.0329. The molecule has 4 rings (SSSR count). The zero-order valence-electron chi connectivity index (χ0n) is 19.0. The van der Waals surface area contributed by atoms with Crippen LogP contribution in [0.25, 0.3) is 0 Å². The van der Waals surface area contributed by atoms with E-state index >= 15 is 0 Å². The molecular formula is C22H30N4O5S2. The van der Waals surface area contributed by atoms with Gasteiger partial charge in [0.1, 0.15) is 0 Å². The molecule has 0 radical (unpaired) electrons. The molecule has 1 atom stereocenters. The topological polar surface area (TPSA) is 110 Å². The first-order valence-electron chi connectivity index (χ1n) is 11.1. The Balaban J connectivity index is 1.36. The Morgan fingerprint density at radius 2 is 1.76 bits per heavy atom. The third-order valence-electron chi connectivity index (χ3n) is 6.48. The van der Waals surface area contributed by atoms with Gasteiger partial charge in [-0.05, 0) is 32.4 Å². The Labute approximate surface area is 195 Å². The van der Waals surface area contributed by atoms with E-state index in [-0.39, 0.29) is 40.5 Å². The van der Waals surface area contributed by atoms with Gasteiger partial charge in [-0.1, -0.05) is 18.2 Å². The van der Waals surface area contributed by atoms with Crippen molar-refractivity contribution in [2.45, 2.75) is 37.6 Å². The van der Waals surface area contributed by atoms with Crippen molar-refractivity contribution in [1.82, 2.24) is 14.7 Å². The van der Waals surface area contributed by atoms with Crippen molar-refractivity contribution in [3.63, 3.8) is 0 Å². The first-order valence-corrected chi connectivity index (χ1v) is 14.6. The van der Waals surface area contributed by atoms with Gasteiger partial charge in [0.25, 0.3) is 0 Å². The minimum Gasteiger partial charge on any atom is -0.365 e. The fourth-order valence-corrected chi connectivity index (χ4v) is 7.68. The van der Waals surface area contributed by atoms with E-state index < -0.39 is 19.7 Å². The fraction of sp³-hybridized carbons (Fsp3) is 0.545. The van der Waals surface area contributed by atoms with Crippen molar-refractivity contribution in [3.05, 3.63) is 41.7 Å². The van der Waals surface area contributed by atoms with Crippen molar-refractivity contribution in [3.8, 4) is 0 Å². The lowest BCUT2D eigenvalue weighted by molar-refractivity contribution is -0.131. The third kappa shape index (κ3) is 5.08. The highest BCUT2D eigenvalue weighted by atomic mass is 32.2. The molecule has 1 aromatic carbocycles. The van der Waals surface area contributed by atoms with Crippen LogP contribution in [0.1, 0.15) is 30.3 Å². The molecule has 2 aromatic rings. The van der Waals surface area contributed by atoms with Crippen molar-refractivity contribution in [1.29, 1.82) is 0 Å². The maximum atomic E-state index is 12.7. The summed E-state index contributed by atoms with van der Waals surface area (Å²) in [6.07, 6.45) is 0.543. The zero-order valence-corrected chi connectivity index (χ0v) is 20.6. The second kappa shape index (κ2) is 9.09. The predicted octanol–water partition coefficient (Wildman–Crippen LogP) is 1.37. The van der Waals surface area contributed by atoms with Crippen LogP contribution >= 0.6 is 0 Å². The summed E-state index contributed by atoms with van der Waals surface area (Å²) in [5, 5.41) is 4.64. The van der Waals surface area contributed by atoms with Crippen LogP contribution in [-0.2, 0) is 24.5 Å². The first-order chi connectivity index (χ1) is 15.6. The molecule has 33 heavy (non-hydrogen) atoms. The van der Waals surface area contributed by atoms with E-state index in [1.165, 1.54) is 0 Å². The molecule has 2 fully saturated rings. The number of aryl methyl sites for hydroxylation is 1. The van der Waals surface area contributed by atoms with Crippen LogP contribution in [0, 0.1) is 13.8 Å². The Hall–Kier alpha value is -2.40. The van der Waals surface area contributed by atoms with Gasteiger partial charge in [-0.15, -0.1) is 0 Å². The number of nitrogens with zero attached hydrogens (tertiary/aromatic N) is 4. The maximum absolute atomic E-state index is 12.7. The Kier molecular flexibility index (Phi) is 6.54. The molecule has 0 spiro atoms. The minimum absolute atomic E-state index is 0.0383. The van der Waals surface area contributed by atoms with Gasteiger partial charge in [0.05, 0.1) is 45.3 Å². The number of amides is 1. The Bertz CT molecular complexity index is 1230. The molecule has 0 aliphatic carbocycles. The molecule has 180 valence electrons. The predicted molar refractivity (Wildman–Crippen MR) is 126 cm³/mol. The van der Waals surface area contributed by atoms with E-state index in [1.54, 1.807) is 35.2 Å². The quantitative estimate of drug-likeness (QED) is 0.597. The number of hydrogen-bond donors (Lipinski definition) is 0. The number of piperazine rings is 1. The van der Waals surface area contributed by atoms with Crippen molar-refractivity contribution >= 4 is 31.3 Å². The van der Waals surface area contributed by atoms with Crippen LogP contribution in [0.4, 0.5) is 5.69 Å². The molecule has 11 heteroatoms. The van der Waals surface area contributed by atoms with Crippen LogP contribution in [0.3, 0.4) is 0 Å². The van der Waals surface area contributed by atoms with Crippen LogP contribution in [0.15, 0.2) is 35.2 Å². The van der Waals surface area contributed by atoms with Crippen LogP contribution in [-0.4, -0.2) is 80.9 Å². The minimum atomic E-state index is -3.48. The monoisotopic (exact) mass is 494 g/mol. The fourth-order valence-electron chi connectivity index (χ4n) is 4.74. The van der Waals surface area contributed by atoms with Crippen LogP contribution in [0.5, 0.6) is 0 Å². The van der Waals surface area contributed by atoms with Gasteiger partial charge in [-0.2, -0.15) is 5.10 Å². The van der Waals surface area contributed by atoms with E-state index in [4.69, 9.17) is 0 Å². The van der Waals surface area contributed by atoms with Gasteiger partial charge >= 0.3 is 0 Å². The molecule has 2 aliphatic rings. The first kappa shape index (κ1) is 23.7. The second-order valence-corrected chi connectivity index (χ2v) is 13.1. The van der Waals surface area contributed by atoms with Crippen molar-refractivity contribution < 1.29 is 21.6 Å². The lowest BCUT2D eigenvalue weighted by Crippen LogP contribution is -2.49. The summed E-state index contributed by atoms with van der Waals surface area (Å²) >= 11 is 0. The van der Waals surface area contributed by atoms with Gasteiger partial charge in [-0.3, -0.25) is 9.48 Å². The molecule has 2 saturated heterocycles. The number of anilines is 1. The number of carbonyl (C=O) groups is 1. The average Bonchev–Trinajstić information content (AvgIpc) is 3.30. The van der Waals surface area contributed by atoms with E-state index in [2.05, 4.69) is 10.00 Å². The second-order valence-electron chi connectivity index (χ2n) is 8.77. The molecule has 2 aliphatic heterocycles. The lowest BCUT2D eigenvalue weighted by Gasteiger charge is -2.36. The van der Waals surface area contributed by atoms with E-state index in [0.29, 0.717) is 32.6 Å². The lowest BCUT2D eigenvalue weighted by atomic mass is 10.2. The largest absolute Gasteiger partial charge is 0.365 e. The zero-order chi connectivity index (χ0) is 23.8. The number of benzene rings is 1. The number of hydrogen-bond acceptors (Lipinski definition) is 7. The summed E-state index contributed by atoms with van der Waals surface area (Å²) in [6, 6.07) is 8.07. The van der Waals surface area contributed by atoms with Gasteiger partial charge in [-0.25, -0.2) is 16.8 Å². The highest BCUT2D eigenvalue weighted by Gasteiger charge is 2.33. The summed E-state index contributed by atoms with van der Waals surface area (Å²) in [7, 11) is -6.49.